The first-order chi connectivity index (χ1) is 7.92. The summed E-state index contributed by atoms with van der Waals surface area (Å²) in [4.78, 5) is 0. The zero-order chi connectivity index (χ0) is 11.2. The molecule has 0 atom stereocenters. The molecule has 0 spiro atoms. The number of hydrogen-bond donors (Lipinski definition) is 0. The Hall–Kier alpha value is -1.06. The van der Waals surface area contributed by atoms with Crippen molar-refractivity contribution < 1.29 is 4.74 Å². The lowest BCUT2D eigenvalue weighted by atomic mass is 10.3. The summed E-state index contributed by atoms with van der Waals surface area (Å²) in [6.45, 7) is 6.85. The van der Waals surface area contributed by atoms with Crippen LogP contribution in [-0.2, 0) is 4.74 Å². The highest BCUT2D eigenvalue weighted by Crippen LogP contribution is 2.16. The molecule has 1 heterocycles. The molecule has 0 bridgehead atoms. The maximum Gasteiger partial charge on any atom is 0.0612 e. The van der Waals surface area contributed by atoms with Crippen LogP contribution in [0.4, 0.5) is 5.69 Å². The molecule has 1 fully saturated rings. The molecular weight excluding hydrogens is 200 g/mol. The summed E-state index contributed by atoms with van der Waals surface area (Å²) in [5, 5.41) is 4.68. The van der Waals surface area contributed by atoms with Crippen LogP contribution in [-0.4, -0.2) is 37.9 Å². The molecule has 0 amide bonds. The van der Waals surface area contributed by atoms with Crippen molar-refractivity contribution in [3.8, 4) is 0 Å². The molecule has 1 aromatic rings. The summed E-state index contributed by atoms with van der Waals surface area (Å²) in [7, 11) is 0. The van der Waals surface area contributed by atoms with Crippen LogP contribution in [0.25, 0.3) is 0 Å². The minimum absolute atomic E-state index is 0.826. The summed E-state index contributed by atoms with van der Waals surface area (Å²) in [6, 6.07) is 11.5. The van der Waals surface area contributed by atoms with Gasteiger partial charge in [-0.3, -0.25) is 0 Å². The van der Waals surface area contributed by atoms with Crippen molar-refractivity contribution in [3.05, 3.63) is 30.3 Å². The largest absolute Gasteiger partial charge is 0.379 e. The smallest absolute Gasteiger partial charge is 0.0612 e. The molecule has 16 heavy (non-hydrogen) atoms. The molecule has 87 valence electrons. The van der Waals surface area contributed by atoms with Gasteiger partial charge in [-0.1, -0.05) is 25.1 Å². The fraction of sp³-hybridized carbons (Fsp3) is 0.538. The van der Waals surface area contributed by atoms with Crippen LogP contribution in [0.5, 0.6) is 0 Å². The van der Waals surface area contributed by atoms with Crippen molar-refractivity contribution in [2.24, 2.45) is 0 Å². The average Bonchev–Trinajstić information content (AvgIpc) is 2.38. The van der Waals surface area contributed by atoms with E-state index >= 15 is 0 Å². The number of hydrogen-bond acceptors (Lipinski definition) is 3. The van der Waals surface area contributed by atoms with Crippen LogP contribution in [0.3, 0.4) is 0 Å². The minimum Gasteiger partial charge on any atom is -0.379 e. The SMILES string of the molecule is CCCN(c1[c]cccc1)N1CCOCC1. The third-order valence-corrected chi connectivity index (χ3v) is 2.74. The Bertz CT molecular complexity index is 296. The first kappa shape index (κ1) is 11.4. The monoisotopic (exact) mass is 219 g/mol. The van der Waals surface area contributed by atoms with Crippen molar-refractivity contribution in [2.75, 3.05) is 37.9 Å². The molecule has 3 nitrogen and oxygen atoms in total. The zero-order valence-corrected chi connectivity index (χ0v) is 9.85. The van der Waals surface area contributed by atoms with E-state index in [2.05, 4.69) is 35.1 Å². The fourth-order valence-electron chi connectivity index (χ4n) is 1.97. The number of para-hydroxylation sites is 1. The number of nitrogens with zero attached hydrogens (tertiary/aromatic N) is 2. The molecule has 1 aliphatic rings. The van der Waals surface area contributed by atoms with E-state index in [1.807, 2.05) is 12.1 Å². The second-order valence-corrected chi connectivity index (χ2v) is 3.94. The van der Waals surface area contributed by atoms with E-state index < -0.39 is 0 Å². The first-order valence-corrected chi connectivity index (χ1v) is 5.98. The van der Waals surface area contributed by atoms with Crippen molar-refractivity contribution in [1.29, 1.82) is 0 Å². The van der Waals surface area contributed by atoms with Gasteiger partial charge < -0.3 is 9.75 Å². The third-order valence-electron chi connectivity index (χ3n) is 2.74. The zero-order valence-electron chi connectivity index (χ0n) is 9.85. The second-order valence-electron chi connectivity index (χ2n) is 3.94. The summed E-state index contributed by atoms with van der Waals surface area (Å²) in [5.41, 5.74) is 1.16. The predicted molar refractivity (Wildman–Crippen MR) is 65.3 cm³/mol. The van der Waals surface area contributed by atoms with Crippen molar-refractivity contribution in [3.63, 3.8) is 0 Å². The van der Waals surface area contributed by atoms with Crippen LogP contribution >= 0.6 is 0 Å². The maximum absolute atomic E-state index is 5.39. The number of rotatable bonds is 4. The van der Waals surface area contributed by atoms with Gasteiger partial charge in [0.2, 0.25) is 0 Å². The van der Waals surface area contributed by atoms with Gasteiger partial charge in [-0.25, -0.2) is 5.01 Å². The fourth-order valence-corrected chi connectivity index (χ4v) is 1.97. The van der Waals surface area contributed by atoms with E-state index in [9.17, 15) is 0 Å². The molecular formula is C13H19N2O. The van der Waals surface area contributed by atoms with Crippen LogP contribution in [0, 0.1) is 6.07 Å². The van der Waals surface area contributed by atoms with Gasteiger partial charge in [0, 0.05) is 25.7 Å². The van der Waals surface area contributed by atoms with Gasteiger partial charge in [-0.15, -0.1) is 0 Å². The highest BCUT2D eigenvalue weighted by molar-refractivity contribution is 5.43. The molecule has 1 aromatic carbocycles. The van der Waals surface area contributed by atoms with Crippen molar-refractivity contribution in [1.82, 2.24) is 5.01 Å². The van der Waals surface area contributed by atoms with Gasteiger partial charge in [0.05, 0.1) is 18.9 Å². The van der Waals surface area contributed by atoms with Crippen LogP contribution in [0.2, 0.25) is 0 Å². The highest BCUT2D eigenvalue weighted by Gasteiger charge is 2.17. The normalized spacial score (nSPS) is 17.3. The Labute approximate surface area is 97.6 Å². The molecule has 0 aromatic heterocycles. The van der Waals surface area contributed by atoms with Gasteiger partial charge in [0.1, 0.15) is 0 Å². The predicted octanol–water partition coefficient (Wildman–Crippen LogP) is 1.95. The van der Waals surface area contributed by atoms with Crippen molar-refractivity contribution in [2.45, 2.75) is 13.3 Å². The van der Waals surface area contributed by atoms with Crippen LogP contribution < -0.4 is 5.01 Å². The number of hydrazine groups is 1. The quantitative estimate of drug-likeness (QED) is 0.770. The molecule has 0 N–H and O–H groups in total. The third kappa shape index (κ3) is 2.74. The Kier molecular flexibility index (Phi) is 4.19. The van der Waals surface area contributed by atoms with Crippen molar-refractivity contribution >= 4 is 5.69 Å². The van der Waals surface area contributed by atoms with Gasteiger partial charge in [0.15, 0.2) is 0 Å². The Morgan fingerprint density at radius 3 is 2.81 bits per heavy atom. The topological polar surface area (TPSA) is 15.7 Å². The molecule has 1 aliphatic heterocycles. The number of ether oxygens (including phenoxy) is 1. The highest BCUT2D eigenvalue weighted by atomic mass is 16.5. The summed E-state index contributed by atoms with van der Waals surface area (Å²) in [5.74, 6) is 0. The van der Waals surface area contributed by atoms with Gasteiger partial charge >= 0.3 is 0 Å². The minimum atomic E-state index is 0.826. The first-order valence-electron chi connectivity index (χ1n) is 5.98. The van der Waals surface area contributed by atoms with E-state index in [4.69, 9.17) is 4.74 Å². The Morgan fingerprint density at radius 1 is 1.38 bits per heavy atom. The lowest BCUT2D eigenvalue weighted by molar-refractivity contribution is 0.0316. The molecule has 0 aliphatic carbocycles. The van der Waals surface area contributed by atoms with Gasteiger partial charge in [-0.2, -0.15) is 0 Å². The summed E-state index contributed by atoms with van der Waals surface area (Å²) < 4.78 is 5.39. The lowest BCUT2D eigenvalue weighted by Gasteiger charge is -2.38. The lowest BCUT2D eigenvalue weighted by Crippen LogP contribution is -2.49. The summed E-state index contributed by atoms with van der Waals surface area (Å²) in [6.07, 6.45) is 1.14. The van der Waals surface area contributed by atoms with Gasteiger partial charge in [0.25, 0.3) is 0 Å². The second kappa shape index (κ2) is 5.87. The van der Waals surface area contributed by atoms with Gasteiger partial charge in [-0.05, 0) is 12.5 Å². The van der Waals surface area contributed by atoms with E-state index in [0.29, 0.717) is 0 Å². The molecule has 2 rings (SSSR count). The van der Waals surface area contributed by atoms with E-state index in [0.717, 1.165) is 45.0 Å². The van der Waals surface area contributed by atoms with E-state index in [1.165, 1.54) is 0 Å². The molecule has 0 saturated carbocycles. The number of anilines is 1. The average molecular weight is 219 g/mol. The molecule has 0 unspecified atom stereocenters. The summed E-state index contributed by atoms with van der Waals surface area (Å²) >= 11 is 0. The Balaban J connectivity index is 2.09. The standard InChI is InChI=1S/C13H19N2O/c1-2-8-15(13-6-4-3-5-7-13)14-9-11-16-12-10-14/h3-6H,2,8-12H2,1H3. The molecule has 1 radical (unpaired) electrons. The van der Waals surface area contributed by atoms with Crippen LogP contribution in [0.1, 0.15) is 13.3 Å². The van der Waals surface area contributed by atoms with Crippen LogP contribution in [0.15, 0.2) is 24.3 Å². The number of benzene rings is 1. The number of morpholine rings is 1. The maximum atomic E-state index is 5.39. The molecule has 1 saturated heterocycles. The molecule has 3 heteroatoms. The Morgan fingerprint density at radius 2 is 2.19 bits per heavy atom. The van der Waals surface area contributed by atoms with E-state index in [-0.39, 0.29) is 0 Å². The van der Waals surface area contributed by atoms with E-state index in [1.54, 1.807) is 0 Å².